The van der Waals surface area contributed by atoms with Gasteiger partial charge in [-0.3, -0.25) is 0 Å². The third-order valence-electron chi connectivity index (χ3n) is 2.11. The minimum Gasteiger partial charge on any atom is -0.225 e. The Hall–Kier alpha value is -2.13. The van der Waals surface area contributed by atoms with E-state index in [1.807, 2.05) is 0 Å². The molecular weight excluding hydrogens is 296 g/mol. The highest BCUT2D eigenvalue weighted by atomic mass is 35.5. The molecule has 1 aromatic carbocycles. The summed E-state index contributed by atoms with van der Waals surface area (Å²) in [5.41, 5.74) is 0.180. The van der Waals surface area contributed by atoms with Crippen molar-refractivity contribution >= 4 is 33.4 Å². The van der Waals surface area contributed by atoms with Crippen LogP contribution in [0, 0.1) is 0 Å². The number of nitrogens with one attached hydrogen (secondary N) is 1. The van der Waals surface area contributed by atoms with Gasteiger partial charge in [0.05, 0.1) is 16.3 Å². The molecule has 0 unspecified atom stereocenters. The molecule has 1 heterocycles. The zero-order valence-electron chi connectivity index (χ0n) is 9.03. The van der Waals surface area contributed by atoms with Crippen LogP contribution >= 0.6 is 11.6 Å². The summed E-state index contributed by atoms with van der Waals surface area (Å²) < 4.78 is 22.7. The third kappa shape index (κ3) is 2.66. The fraction of sp³-hybridized carbons (Fsp3) is 0. The molecule has 11 heteroatoms. The number of aromatic nitrogens is 4. The molecule has 0 fully saturated rings. The van der Waals surface area contributed by atoms with E-state index in [0.29, 0.717) is 0 Å². The molecule has 2 aromatic rings. The van der Waals surface area contributed by atoms with Gasteiger partial charge in [0.25, 0.3) is 0 Å². The number of hydrogen-bond donors (Lipinski definition) is 2. The first-order valence-corrected chi connectivity index (χ1v) is 6.54. The highest BCUT2D eigenvalue weighted by Crippen LogP contribution is 2.34. The molecule has 9 nitrogen and oxygen atoms in total. The quantitative estimate of drug-likeness (QED) is 0.609. The highest BCUT2D eigenvalue weighted by molar-refractivity contribution is 7.89. The summed E-state index contributed by atoms with van der Waals surface area (Å²) in [5.74, 6) is 0.0376. The van der Waals surface area contributed by atoms with Crippen LogP contribution < -0.4 is 5.14 Å². The van der Waals surface area contributed by atoms with Crippen LogP contribution in [0.1, 0.15) is 0 Å². The Kier molecular flexibility index (Phi) is 3.40. The minimum atomic E-state index is -4.04. The van der Waals surface area contributed by atoms with Crippen molar-refractivity contribution in [2.75, 3.05) is 0 Å². The van der Waals surface area contributed by atoms with E-state index in [-0.39, 0.29) is 27.0 Å². The number of carbonyl (C=O) groups excluding carboxylic acids is 1. The first-order valence-electron chi connectivity index (χ1n) is 4.61. The van der Waals surface area contributed by atoms with Gasteiger partial charge in [-0.05, 0) is 17.3 Å². The molecule has 0 amide bonds. The van der Waals surface area contributed by atoms with E-state index >= 15 is 0 Å². The molecule has 0 bridgehead atoms. The summed E-state index contributed by atoms with van der Waals surface area (Å²) in [7, 11) is -4.04. The van der Waals surface area contributed by atoms with Gasteiger partial charge in [0, 0.05) is 0 Å². The van der Waals surface area contributed by atoms with E-state index in [1.54, 1.807) is 0 Å². The van der Waals surface area contributed by atoms with Crippen LogP contribution in [-0.4, -0.2) is 35.1 Å². The Bertz CT molecular complexity index is 766. The van der Waals surface area contributed by atoms with E-state index in [4.69, 9.17) is 16.7 Å². The lowest BCUT2D eigenvalue weighted by atomic mass is 10.1. The third-order valence-corrected chi connectivity index (χ3v) is 3.48. The smallest absolute Gasteiger partial charge is 0.225 e. The first kappa shape index (κ1) is 13.3. The van der Waals surface area contributed by atoms with Gasteiger partial charge in [-0.15, -0.1) is 10.2 Å². The number of sulfonamides is 1. The molecule has 0 aliphatic rings. The molecule has 0 radical (unpaired) electrons. The Morgan fingerprint density at radius 1 is 1.42 bits per heavy atom. The van der Waals surface area contributed by atoms with E-state index in [9.17, 15) is 13.2 Å². The molecule has 0 aliphatic carbocycles. The molecule has 0 spiro atoms. The lowest BCUT2D eigenvalue weighted by molar-refractivity contribution is 0.565. The molecule has 2 rings (SSSR count). The number of nitrogens with zero attached hydrogens (tertiary/aromatic N) is 4. The summed E-state index contributed by atoms with van der Waals surface area (Å²) in [6.07, 6.45) is 1.32. The zero-order chi connectivity index (χ0) is 14.0. The maximum Gasteiger partial charge on any atom is 0.240 e. The van der Waals surface area contributed by atoms with E-state index in [0.717, 1.165) is 12.1 Å². The van der Waals surface area contributed by atoms with Crippen LogP contribution in [0.25, 0.3) is 11.4 Å². The lowest BCUT2D eigenvalue weighted by Crippen LogP contribution is -2.12. The Morgan fingerprint density at radius 3 is 2.68 bits per heavy atom. The van der Waals surface area contributed by atoms with Crippen molar-refractivity contribution in [1.29, 1.82) is 0 Å². The van der Waals surface area contributed by atoms with Gasteiger partial charge in [-0.2, -0.15) is 10.2 Å². The maximum atomic E-state index is 11.4. The van der Waals surface area contributed by atoms with Crippen molar-refractivity contribution < 1.29 is 13.2 Å². The number of nitrogens with two attached hydrogens (primary N) is 1. The van der Waals surface area contributed by atoms with Crippen molar-refractivity contribution in [3.05, 3.63) is 17.2 Å². The molecule has 0 saturated carbocycles. The normalized spacial score (nSPS) is 11.1. The minimum absolute atomic E-state index is 0.0376. The zero-order valence-corrected chi connectivity index (χ0v) is 10.6. The molecule has 98 valence electrons. The van der Waals surface area contributed by atoms with Gasteiger partial charge >= 0.3 is 0 Å². The summed E-state index contributed by atoms with van der Waals surface area (Å²) in [6.45, 7) is 0. The molecule has 3 N–H and O–H groups in total. The standard InChI is InChI=1S/C8H5ClN6O3S/c9-5-2-6(11-3-16)4(8-12-14-15-13-8)1-7(5)19(10,17)18/h1-2H,(H2,10,17,18)(H,12,13,14,15). The van der Waals surface area contributed by atoms with Crippen LogP contribution in [0.15, 0.2) is 22.0 Å². The monoisotopic (exact) mass is 300 g/mol. The van der Waals surface area contributed by atoms with E-state index < -0.39 is 10.0 Å². The molecule has 0 aliphatic heterocycles. The lowest BCUT2D eigenvalue weighted by Gasteiger charge is -2.06. The summed E-state index contributed by atoms with van der Waals surface area (Å²) in [4.78, 5) is 13.4. The van der Waals surface area contributed by atoms with Crippen LogP contribution in [0.5, 0.6) is 0 Å². The van der Waals surface area contributed by atoms with Gasteiger partial charge in [0.1, 0.15) is 4.90 Å². The van der Waals surface area contributed by atoms with Gasteiger partial charge in [-0.25, -0.2) is 18.4 Å². The number of primary sulfonamides is 1. The van der Waals surface area contributed by atoms with Crippen LogP contribution in [-0.2, 0) is 14.8 Å². The predicted octanol–water partition coefficient (Wildman–Crippen LogP) is 0.135. The van der Waals surface area contributed by atoms with Gasteiger partial charge in [0.2, 0.25) is 21.9 Å². The summed E-state index contributed by atoms with van der Waals surface area (Å²) in [6, 6.07) is 2.26. The Balaban J connectivity index is 2.79. The van der Waals surface area contributed by atoms with Gasteiger partial charge in [-0.1, -0.05) is 11.6 Å². The second-order valence-electron chi connectivity index (χ2n) is 3.28. The van der Waals surface area contributed by atoms with Crippen molar-refractivity contribution in [1.82, 2.24) is 20.6 Å². The SMILES string of the molecule is NS(=O)(=O)c1cc(-c2nn[nH]n2)c(N=C=O)cc1Cl. The number of benzene rings is 1. The molecule has 0 atom stereocenters. The number of hydrogen-bond acceptors (Lipinski definition) is 7. The first-order chi connectivity index (χ1) is 8.93. The van der Waals surface area contributed by atoms with Gasteiger partial charge < -0.3 is 0 Å². The average molecular weight is 301 g/mol. The summed E-state index contributed by atoms with van der Waals surface area (Å²) in [5, 5.41) is 17.7. The fourth-order valence-electron chi connectivity index (χ4n) is 1.36. The number of aliphatic imine (C=N–C) groups is 1. The second-order valence-corrected chi connectivity index (χ2v) is 5.22. The number of aromatic amines is 1. The van der Waals surface area contributed by atoms with Crippen LogP contribution in [0.3, 0.4) is 0 Å². The largest absolute Gasteiger partial charge is 0.240 e. The second kappa shape index (κ2) is 4.86. The van der Waals surface area contributed by atoms with Crippen molar-refractivity contribution in [2.24, 2.45) is 10.1 Å². The number of H-pyrrole nitrogens is 1. The van der Waals surface area contributed by atoms with Crippen LogP contribution in [0.4, 0.5) is 5.69 Å². The number of halogens is 1. The van der Waals surface area contributed by atoms with Crippen molar-refractivity contribution in [3.8, 4) is 11.4 Å². The average Bonchev–Trinajstić information content (AvgIpc) is 2.81. The molecular formula is C8H5ClN6O3S. The van der Waals surface area contributed by atoms with Crippen molar-refractivity contribution in [3.63, 3.8) is 0 Å². The number of tetrazole rings is 1. The summed E-state index contributed by atoms with van der Waals surface area (Å²) >= 11 is 5.77. The van der Waals surface area contributed by atoms with Gasteiger partial charge in [0.15, 0.2) is 0 Å². The molecule has 0 saturated heterocycles. The van der Waals surface area contributed by atoms with E-state index in [1.165, 1.54) is 6.08 Å². The number of rotatable bonds is 3. The van der Waals surface area contributed by atoms with Crippen molar-refractivity contribution in [2.45, 2.75) is 4.90 Å². The van der Waals surface area contributed by atoms with E-state index in [2.05, 4.69) is 25.6 Å². The maximum absolute atomic E-state index is 11.4. The van der Waals surface area contributed by atoms with Crippen LogP contribution in [0.2, 0.25) is 5.02 Å². The highest BCUT2D eigenvalue weighted by Gasteiger charge is 2.19. The topological polar surface area (TPSA) is 144 Å². The Morgan fingerprint density at radius 2 is 2.16 bits per heavy atom. The Labute approximate surface area is 111 Å². The molecule has 1 aromatic heterocycles. The molecule has 19 heavy (non-hydrogen) atoms. The fourth-order valence-corrected chi connectivity index (χ4v) is 2.45. The predicted molar refractivity (Wildman–Crippen MR) is 63.8 cm³/mol. The number of isocyanates is 1.